The van der Waals surface area contributed by atoms with Crippen molar-refractivity contribution >= 4 is 21.7 Å². The van der Waals surface area contributed by atoms with E-state index in [-0.39, 0.29) is 18.2 Å². The van der Waals surface area contributed by atoms with Gasteiger partial charge in [0.2, 0.25) is 11.8 Å². The molecule has 7 heteroatoms. The normalized spacial score (nSPS) is 11.0. The maximum atomic E-state index is 11.8. The quantitative estimate of drug-likeness (QED) is 0.682. The Morgan fingerprint density at radius 1 is 1.05 bits per heavy atom. The second-order valence-corrected chi connectivity index (χ2v) is 7.10. The highest BCUT2D eigenvalue weighted by Gasteiger charge is 2.16. The van der Waals surface area contributed by atoms with Crippen molar-refractivity contribution in [2.45, 2.75) is 19.8 Å². The van der Waals surface area contributed by atoms with Crippen molar-refractivity contribution in [1.29, 1.82) is 0 Å². The Bertz CT molecular complexity index is 585. The van der Waals surface area contributed by atoms with Crippen LogP contribution in [0.25, 0.3) is 0 Å². The third-order valence-electron chi connectivity index (χ3n) is 2.93. The smallest absolute Gasteiger partial charge is 0.239 e. The molecule has 0 atom stereocenters. The molecule has 0 aliphatic rings. The van der Waals surface area contributed by atoms with E-state index in [0.29, 0.717) is 19.4 Å². The number of sulfone groups is 1. The summed E-state index contributed by atoms with van der Waals surface area (Å²) >= 11 is 0. The number of hydrogen-bond donors (Lipinski definition) is 2. The van der Waals surface area contributed by atoms with E-state index in [1.54, 1.807) is 6.92 Å². The number of amides is 2. The third kappa shape index (κ3) is 7.78. The van der Waals surface area contributed by atoms with E-state index >= 15 is 0 Å². The van der Waals surface area contributed by atoms with Crippen LogP contribution in [0.15, 0.2) is 30.3 Å². The number of likely N-dealkylation sites (N-methyl/N-ethyl adjacent to an activating group) is 1. The van der Waals surface area contributed by atoms with Gasteiger partial charge in [-0.1, -0.05) is 30.3 Å². The Balaban J connectivity index is 2.30. The summed E-state index contributed by atoms with van der Waals surface area (Å²) in [5, 5.41) is 4.81. The highest BCUT2D eigenvalue weighted by Crippen LogP contribution is 2.04. The van der Waals surface area contributed by atoms with Crippen LogP contribution in [0.4, 0.5) is 0 Å². The highest BCUT2D eigenvalue weighted by atomic mass is 32.2. The van der Waals surface area contributed by atoms with Gasteiger partial charge >= 0.3 is 0 Å². The molecule has 22 heavy (non-hydrogen) atoms. The van der Waals surface area contributed by atoms with Gasteiger partial charge in [-0.15, -0.1) is 0 Å². The van der Waals surface area contributed by atoms with Crippen molar-refractivity contribution in [2.24, 2.45) is 0 Å². The summed E-state index contributed by atoms with van der Waals surface area (Å²) in [7, 11) is -3.45. The molecule has 122 valence electrons. The van der Waals surface area contributed by atoms with Crippen LogP contribution in [0.3, 0.4) is 0 Å². The average molecular weight is 326 g/mol. The van der Waals surface area contributed by atoms with Crippen molar-refractivity contribution < 1.29 is 18.0 Å². The molecule has 0 saturated heterocycles. The molecule has 1 rings (SSSR count). The van der Waals surface area contributed by atoms with Crippen LogP contribution in [0.5, 0.6) is 0 Å². The van der Waals surface area contributed by atoms with E-state index in [2.05, 4.69) is 10.6 Å². The van der Waals surface area contributed by atoms with E-state index in [0.717, 1.165) is 5.56 Å². The Labute approximate surface area is 131 Å². The summed E-state index contributed by atoms with van der Waals surface area (Å²) in [6.07, 6.45) is 1.12. The Morgan fingerprint density at radius 2 is 1.73 bits per heavy atom. The summed E-state index contributed by atoms with van der Waals surface area (Å²) in [5.74, 6) is -1.61. The van der Waals surface area contributed by atoms with Crippen molar-refractivity contribution in [3.63, 3.8) is 0 Å². The number of carbonyl (C=O) groups is 2. The lowest BCUT2D eigenvalue weighted by atomic mass is 10.1. The van der Waals surface area contributed by atoms with Gasteiger partial charge in [0.25, 0.3) is 0 Å². The van der Waals surface area contributed by atoms with Gasteiger partial charge in [0.15, 0.2) is 9.84 Å². The van der Waals surface area contributed by atoms with Crippen LogP contribution >= 0.6 is 0 Å². The van der Waals surface area contributed by atoms with Crippen molar-refractivity contribution in [2.75, 3.05) is 24.6 Å². The summed E-state index contributed by atoms with van der Waals surface area (Å²) in [5.41, 5.74) is 1.07. The number of rotatable bonds is 9. The Morgan fingerprint density at radius 3 is 2.36 bits per heavy atom. The maximum Gasteiger partial charge on any atom is 0.239 e. The van der Waals surface area contributed by atoms with E-state index < -0.39 is 21.5 Å². The van der Waals surface area contributed by atoms with E-state index in [9.17, 15) is 18.0 Å². The molecule has 0 aliphatic carbocycles. The fraction of sp³-hybridized carbons (Fsp3) is 0.467. The van der Waals surface area contributed by atoms with Crippen molar-refractivity contribution in [3.05, 3.63) is 35.9 Å². The van der Waals surface area contributed by atoms with E-state index in [4.69, 9.17) is 0 Å². The molecule has 1 aromatic rings. The largest absolute Gasteiger partial charge is 0.355 e. The zero-order valence-corrected chi connectivity index (χ0v) is 13.5. The van der Waals surface area contributed by atoms with Gasteiger partial charge in [-0.2, -0.15) is 0 Å². The summed E-state index contributed by atoms with van der Waals surface area (Å²) < 4.78 is 23.7. The fourth-order valence-electron chi connectivity index (χ4n) is 1.90. The number of hydrogen-bond acceptors (Lipinski definition) is 4. The van der Waals surface area contributed by atoms with Crippen molar-refractivity contribution in [1.82, 2.24) is 10.6 Å². The zero-order valence-electron chi connectivity index (χ0n) is 12.7. The molecular formula is C15H22N2O4S. The molecule has 0 bridgehead atoms. The Hall–Kier alpha value is -1.89. The molecule has 6 nitrogen and oxygen atoms in total. The lowest BCUT2D eigenvalue weighted by molar-refractivity contribution is -0.124. The summed E-state index contributed by atoms with van der Waals surface area (Å²) in [6.45, 7) is 2.02. The van der Waals surface area contributed by atoms with Gasteiger partial charge < -0.3 is 10.6 Å². The van der Waals surface area contributed by atoms with Crippen LogP contribution in [0.2, 0.25) is 0 Å². The number of nitrogens with one attached hydrogen (secondary N) is 2. The van der Waals surface area contributed by atoms with Crippen LogP contribution in [-0.4, -0.2) is 44.8 Å². The first-order valence-electron chi connectivity index (χ1n) is 7.20. The minimum absolute atomic E-state index is 0.0452. The van der Waals surface area contributed by atoms with Gasteiger partial charge in [-0.25, -0.2) is 8.42 Å². The second-order valence-electron chi connectivity index (χ2n) is 4.91. The topological polar surface area (TPSA) is 92.3 Å². The molecule has 0 saturated carbocycles. The summed E-state index contributed by atoms with van der Waals surface area (Å²) in [4.78, 5) is 22.7. The van der Waals surface area contributed by atoms with Gasteiger partial charge in [0, 0.05) is 6.54 Å². The van der Waals surface area contributed by atoms with Gasteiger partial charge in [-0.3, -0.25) is 9.59 Å². The number of carbonyl (C=O) groups excluding carboxylic acids is 2. The van der Waals surface area contributed by atoms with Crippen LogP contribution in [-0.2, 0) is 25.8 Å². The van der Waals surface area contributed by atoms with Crippen LogP contribution in [0, 0.1) is 0 Å². The van der Waals surface area contributed by atoms with Crippen LogP contribution < -0.4 is 10.6 Å². The lowest BCUT2D eigenvalue weighted by Gasteiger charge is -2.06. The second kappa shape index (κ2) is 9.19. The molecule has 0 aliphatic heterocycles. The first kappa shape index (κ1) is 18.2. The molecule has 2 amide bonds. The highest BCUT2D eigenvalue weighted by molar-refractivity contribution is 7.92. The minimum Gasteiger partial charge on any atom is -0.355 e. The van der Waals surface area contributed by atoms with E-state index in [1.807, 2.05) is 30.3 Å². The van der Waals surface area contributed by atoms with E-state index in [1.165, 1.54) is 0 Å². The van der Waals surface area contributed by atoms with Gasteiger partial charge in [-0.05, 0) is 25.3 Å². The number of benzene rings is 1. The molecule has 0 aromatic heterocycles. The third-order valence-corrected chi connectivity index (χ3v) is 4.55. The number of aryl methyl sites for hydroxylation is 1. The average Bonchev–Trinajstić information content (AvgIpc) is 2.46. The van der Waals surface area contributed by atoms with Gasteiger partial charge in [0.05, 0.1) is 12.3 Å². The maximum absolute atomic E-state index is 11.8. The predicted octanol–water partition coefficient (Wildman–Crippen LogP) is 0.286. The molecule has 0 radical (unpaired) electrons. The molecule has 0 heterocycles. The van der Waals surface area contributed by atoms with Gasteiger partial charge in [0.1, 0.15) is 5.75 Å². The zero-order chi connectivity index (χ0) is 16.4. The SMILES string of the molecule is CCNC(=O)CNC(=O)CS(=O)(=O)CCCc1ccccc1. The Kier molecular flexibility index (Phi) is 7.59. The molecule has 2 N–H and O–H groups in total. The summed E-state index contributed by atoms with van der Waals surface area (Å²) in [6, 6.07) is 9.58. The first-order valence-corrected chi connectivity index (χ1v) is 9.03. The predicted molar refractivity (Wildman–Crippen MR) is 85.1 cm³/mol. The van der Waals surface area contributed by atoms with Crippen molar-refractivity contribution in [3.8, 4) is 0 Å². The molecule has 0 spiro atoms. The molecular weight excluding hydrogens is 304 g/mol. The monoisotopic (exact) mass is 326 g/mol. The molecule has 1 aromatic carbocycles. The molecule has 0 unspecified atom stereocenters. The first-order chi connectivity index (χ1) is 10.4. The minimum atomic E-state index is -3.45. The molecule has 0 fully saturated rings. The fourth-order valence-corrected chi connectivity index (χ4v) is 3.13. The lowest BCUT2D eigenvalue weighted by Crippen LogP contribution is -2.39. The van der Waals surface area contributed by atoms with Crippen LogP contribution in [0.1, 0.15) is 18.9 Å². The standard InChI is InChI=1S/C15H22N2O4S/c1-2-16-14(18)11-17-15(19)12-22(20,21)10-6-9-13-7-4-3-5-8-13/h3-5,7-8H,2,6,9-12H2,1H3,(H,16,18)(H,17,19).